The predicted molar refractivity (Wildman–Crippen MR) is 111 cm³/mol. The average Bonchev–Trinajstić information content (AvgIpc) is 3.43. The van der Waals surface area contributed by atoms with Crippen molar-refractivity contribution in [2.45, 2.75) is 32.4 Å². The molecule has 1 saturated carbocycles. The van der Waals surface area contributed by atoms with Crippen LogP contribution in [-0.2, 0) is 11.3 Å². The van der Waals surface area contributed by atoms with Crippen LogP contribution in [0.4, 0.5) is 5.69 Å². The van der Waals surface area contributed by atoms with E-state index in [4.69, 9.17) is 5.73 Å². The minimum Gasteiger partial charge on any atom is -0.366 e. The molecule has 0 radical (unpaired) electrons. The molecule has 0 unspecified atom stereocenters. The molecular weight excluding hydrogens is 441 g/mol. The normalized spacial score (nSPS) is 13.7. The van der Waals surface area contributed by atoms with Crippen LogP contribution in [-0.4, -0.2) is 29.3 Å². The molecule has 6 heteroatoms. The number of hydrogen-bond donors (Lipinski definition) is 2. The van der Waals surface area contributed by atoms with E-state index in [-0.39, 0.29) is 5.91 Å². The third-order valence-electron chi connectivity index (χ3n) is 4.49. The number of aryl methyl sites for hydroxylation is 1. The number of primary amides is 1. The lowest BCUT2D eigenvalue weighted by Gasteiger charge is -2.21. The quantitative estimate of drug-likeness (QED) is 0.619. The smallest absolute Gasteiger partial charge is 0.248 e. The van der Waals surface area contributed by atoms with Gasteiger partial charge in [-0.05, 0) is 77.7 Å². The Labute approximate surface area is 167 Å². The topological polar surface area (TPSA) is 75.4 Å². The van der Waals surface area contributed by atoms with Crippen LogP contribution in [0, 0.1) is 10.5 Å². The molecule has 0 aliphatic heterocycles. The third-order valence-corrected chi connectivity index (χ3v) is 5.65. The second-order valence-corrected chi connectivity index (χ2v) is 7.87. The molecule has 1 fully saturated rings. The van der Waals surface area contributed by atoms with Crippen LogP contribution < -0.4 is 11.1 Å². The van der Waals surface area contributed by atoms with Gasteiger partial charge in [0, 0.05) is 27.4 Å². The number of nitrogens with two attached hydrogens (primary N) is 1. The summed E-state index contributed by atoms with van der Waals surface area (Å²) in [6.45, 7) is 3.08. The summed E-state index contributed by atoms with van der Waals surface area (Å²) >= 11 is 2.27. The number of rotatable bonds is 7. The first-order valence-corrected chi connectivity index (χ1v) is 9.69. The molecule has 1 aliphatic carbocycles. The van der Waals surface area contributed by atoms with Gasteiger partial charge in [0.2, 0.25) is 11.8 Å². The van der Waals surface area contributed by atoms with E-state index in [1.165, 1.54) is 5.56 Å². The zero-order chi connectivity index (χ0) is 18.7. The first-order chi connectivity index (χ1) is 12.4. The van der Waals surface area contributed by atoms with Gasteiger partial charge in [0.25, 0.3) is 0 Å². The molecule has 0 aromatic heterocycles. The largest absolute Gasteiger partial charge is 0.366 e. The lowest BCUT2D eigenvalue weighted by molar-refractivity contribution is -0.117. The fraction of sp³-hybridized carbons (Fsp3) is 0.300. The van der Waals surface area contributed by atoms with Crippen LogP contribution >= 0.6 is 22.6 Å². The van der Waals surface area contributed by atoms with Gasteiger partial charge in [0.15, 0.2) is 0 Å². The van der Waals surface area contributed by atoms with Gasteiger partial charge in [0.1, 0.15) is 0 Å². The minimum atomic E-state index is -0.428. The molecule has 0 spiro atoms. The third kappa shape index (κ3) is 5.04. The lowest BCUT2D eigenvalue weighted by atomic mass is 10.1. The van der Waals surface area contributed by atoms with Gasteiger partial charge in [-0.2, -0.15) is 0 Å². The monoisotopic (exact) mass is 463 g/mol. The van der Waals surface area contributed by atoms with Crippen LogP contribution in [0.1, 0.15) is 34.3 Å². The van der Waals surface area contributed by atoms with E-state index in [0.29, 0.717) is 24.7 Å². The Morgan fingerprint density at radius 2 is 1.88 bits per heavy atom. The Bertz CT molecular complexity index is 816. The minimum absolute atomic E-state index is 0.00897. The Morgan fingerprint density at radius 1 is 1.19 bits per heavy atom. The number of benzene rings is 2. The molecule has 0 heterocycles. The van der Waals surface area contributed by atoms with Crippen LogP contribution in [0.2, 0.25) is 0 Å². The number of halogens is 1. The number of anilines is 1. The summed E-state index contributed by atoms with van der Waals surface area (Å²) in [5.41, 5.74) is 8.87. The fourth-order valence-electron chi connectivity index (χ4n) is 2.82. The first-order valence-electron chi connectivity index (χ1n) is 8.61. The highest BCUT2D eigenvalue weighted by Gasteiger charge is 2.30. The Balaban J connectivity index is 1.62. The van der Waals surface area contributed by atoms with Gasteiger partial charge < -0.3 is 11.1 Å². The summed E-state index contributed by atoms with van der Waals surface area (Å²) in [5, 5.41) is 2.99. The Kier molecular flexibility index (Phi) is 5.93. The average molecular weight is 463 g/mol. The summed E-state index contributed by atoms with van der Waals surface area (Å²) in [7, 11) is 0. The van der Waals surface area contributed by atoms with E-state index in [0.717, 1.165) is 27.7 Å². The Hall–Kier alpha value is -1.93. The second kappa shape index (κ2) is 8.18. The summed E-state index contributed by atoms with van der Waals surface area (Å²) in [6.07, 6.45) is 2.24. The Morgan fingerprint density at radius 3 is 2.46 bits per heavy atom. The maximum absolute atomic E-state index is 12.5. The molecule has 26 heavy (non-hydrogen) atoms. The van der Waals surface area contributed by atoms with Gasteiger partial charge in [-0.15, -0.1) is 0 Å². The van der Waals surface area contributed by atoms with Crippen molar-refractivity contribution in [3.8, 4) is 0 Å². The zero-order valence-electron chi connectivity index (χ0n) is 14.7. The van der Waals surface area contributed by atoms with Gasteiger partial charge in [-0.3, -0.25) is 14.5 Å². The van der Waals surface area contributed by atoms with Crippen molar-refractivity contribution in [2.24, 2.45) is 5.73 Å². The van der Waals surface area contributed by atoms with Crippen molar-refractivity contribution < 1.29 is 9.59 Å². The van der Waals surface area contributed by atoms with Crippen molar-refractivity contribution in [3.05, 3.63) is 62.7 Å². The van der Waals surface area contributed by atoms with Crippen LogP contribution in [0.5, 0.6) is 0 Å². The molecule has 0 bridgehead atoms. The van der Waals surface area contributed by atoms with E-state index < -0.39 is 5.91 Å². The van der Waals surface area contributed by atoms with Crippen LogP contribution in [0.15, 0.2) is 42.5 Å². The molecule has 0 saturated heterocycles. The highest BCUT2D eigenvalue weighted by molar-refractivity contribution is 14.1. The van der Waals surface area contributed by atoms with Gasteiger partial charge in [0.05, 0.1) is 6.54 Å². The van der Waals surface area contributed by atoms with E-state index in [2.05, 4.69) is 32.8 Å². The van der Waals surface area contributed by atoms with Crippen molar-refractivity contribution in [3.63, 3.8) is 0 Å². The van der Waals surface area contributed by atoms with Crippen molar-refractivity contribution in [1.82, 2.24) is 4.90 Å². The molecule has 3 rings (SSSR count). The number of hydrogen-bond acceptors (Lipinski definition) is 3. The maximum atomic E-state index is 12.5. The fourth-order valence-corrected chi connectivity index (χ4v) is 3.33. The van der Waals surface area contributed by atoms with E-state index >= 15 is 0 Å². The molecule has 1 aliphatic rings. The summed E-state index contributed by atoms with van der Waals surface area (Å²) in [5.74, 6) is -0.437. The second-order valence-electron chi connectivity index (χ2n) is 6.71. The van der Waals surface area contributed by atoms with Gasteiger partial charge in [-0.1, -0.05) is 18.2 Å². The lowest BCUT2D eigenvalue weighted by Crippen LogP contribution is -2.34. The highest BCUT2D eigenvalue weighted by Crippen LogP contribution is 2.28. The molecule has 2 aromatic carbocycles. The van der Waals surface area contributed by atoms with E-state index in [9.17, 15) is 9.59 Å². The predicted octanol–water partition coefficient (Wildman–Crippen LogP) is 3.30. The number of carbonyl (C=O) groups is 2. The van der Waals surface area contributed by atoms with Crippen molar-refractivity contribution in [2.75, 3.05) is 11.9 Å². The number of nitrogens with one attached hydrogen (secondary N) is 1. The zero-order valence-corrected chi connectivity index (χ0v) is 16.8. The van der Waals surface area contributed by atoms with Crippen molar-refractivity contribution >= 4 is 40.1 Å². The molecule has 5 nitrogen and oxygen atoms in total. The van der Waals surface area contributed by atoms with Crippen molar-refractivity contribution in [1.29, 1.82) is 0 Å². The number of carbonyl (C=O) groups excluding carboxylic acids is 2. The summed E-state index contributed by atoms with van der Waals surface area (Å²) < 4.78 is 1.13. The summed E-state index contributed by atoms with van der Waals surface area (Å²) in [6, 6.07) is 13.6. The van der Waals surface area contributed by atoms with E-state index in [1.54, 1.807) is 12.1 Å². The highest BCUT2D eigenvalue weighted by atomic mass is 127. The number of amides is 2. The SMILES string of the molecule is Cc1ccc(NC(=O)CN(Cc2ccc(C(N)=O)cc2)C2CC2)cc1I. The van der Waals surface area contributed by atoms with Crippen LogP contribution in [0.25, 0.3) is 0 Å². The number of nitrogens with zero attached hydrogens (tertiary/aromatic N) is 1. The molecular formula is C20H22IN3O2. The van der Waals surface area contributed by atoms with Crippen LogP contribution in [0.3, 0.4) is 0 Å². The molecule has 2 amide bonds. The van der Waals surface area contributed by atoms with E-state index in [1.807, 2.05) is 37.3 Å². The molecule has 136 valence electrons. The molecule has 3 N–H and O–H groups in total. The summed E-state index contributed by atoms with van der Waals surface area (Å²) in [4.78, 5) is 25.8. The standard InChI is InChI=1S/C20H22IN3O2/c1-13-2-7-16(10-18(13)21)23-19(25)12-24(17-8-9-17)11-14-3-5-15(6-4-14)20(22)26/h2-7,10,17H,8-9,11-12H2,1H3,(H2,22,26)(H,23,25). The van der Waals surface area contributed by atoms with Gasteiger partial charge >= 0.3 is 0 Å². The maximum Gasteiger partial charge on any atom is 0.248 e. The molecule has 0 atom stereocenters. The molecule has 2 aromatic rings. The first kappa shape index (κ1) is 18.8. The van der Waals surface area contributed by atoms with Gasteiger partial charge in [-0.25, -0.2) is 0 Å².